The molecule has 1 atom stereocenters. The van der Waals surface area contributed by atoms with Crippen molar-refractivity contribution in [2.24, 2.45) is 10.8 Å². The highest BCUT2D eigenvalue weighted by Gasteiger charge is 2.31. The van der Waals surface area contributed by atoms with Crippen LogP contribution in [0.15, 0.2) is 41.0 Å². The number of hydrogen-bond acceptors (Lipinski definition) is 6. The molecule has 1 aromatic carbocycles. The maximum Gasteiger partial charge on any atom is 0.177 e. The molecule has 2 rings (SSSR count). The lowest BCUT2D eigenvalue weighted by molar-refractivity contribution is 0.120. The number of hydrazone groups is 1. The minimum Gasteiger partial charge on any atom is -0.507 e. The van der Waals surface area contributed by atoms with E-state index in [1.807, 2.05) is 25.1 Å². The first-order valence-electron chi connectivity index (χ1n) is 8.84. The van der Waals surface area contributed by atoms with Crippen molar-refractivity contribution in [1.29, 1.82) is 0 Å². The van der Waals surface area contributed by atoms with Gasteiger partial charge in [0, 0.05) is 17.6 Å². The normalized spacial score (nSPS) is 20.9. The molecule has 1 aliphatic rings. The fourth-order valence-electron chi connectivity index (χ4n) is 3.27. The molecule has 0 spiro atoms. The molecule has 0 saturated carbocycles. The molecule has 6 heteroatoms. The van der Waals surface area contributed by atoms with Crippen molar-refractivity contribution in [1.82, 2.24) is 15.6 Å². The summed E-state index contributed by atoms with van der Waals surface area (Å²) in [5, 5.41) is 17.8. The number of aromatic hydroxyl groups is 1. The summed E-state index contributed by atoms with van der Waals surface area (Å²) in [6.07, 6.45) is 1.92. The van der Waals surface area contributed by atoms with Crippen molar-refractivity contribution in [3.05, 3.63) is 41.5 Å². The zero-order valence-electron chi connectivity index (χ0n) is 15.9. The second-order valence-corrected chi connectivity index (χ2v) is 7.12. The molecule has 0 aromatic heterocycles. The first-order valence-corrected chi connectivity index (χ1v) is 8.84. The van der Waals surface area contributed by atoms with Crippen molar-refractivity contribution in [3.63, 3.8) is 0 Å². The van der Waals surface area contributed by atoms with Crippen LogP contribution in [0.3, 0.4) is 0 Å². The summed E-state index contributed by atoms with van der Waals surface area (Å²) in [6.45, 7) is 13.4. The minimum absolute atomic E-state index is 0.0268. The van der Waals surface area contributed by atoms with Crippen LogP contribution < -0.4 is 16.5 Å². The number of nitrogens with one attached hydrogen (secondary N) is 2. The molecule has 1 aromatic rings. The molecule has 1 unspecified atom stereocenters. The highest BCUT2D eigenvalue weighted by molar-refractivity contribution is 6.14. The Bertz CT molecular complexity index is 664. The maximum absolute atomic E-state index is 10.0. The van der Waals surface area contributed by atoms with E-state index in [0.717, 1.165) is 18.7 Å². The monoisotopic (exact) mass is 345 g/mol. The van der Waals surface area contributed by atoms with Gasteiger partial charge >= 0.3 is 0 Å². The van der Waals surface area contributed by atoms with Gasteiger partial charge in [-0.3, -0.25) is 21.4 Å². The Morgan fingerprint density at radius 3 is 2.48 bits per heavy atom. The van der Waals surface area contributed by atoms with Crippen LogP contribution in [0.2, 0.25) is 0 Å². The van der Waals surface area contributed by atoms with E-state index in [-0.39, 0.29) is 11.3 Å². The first-order chi connectivity index (χ1) is 11.7. The Balaban J connectivity index is 2.12. The molecule has 1 heterocycles. The molecule has 0 amide bonds. The number of allylic oxidation sites excluding steroid dienone is 1. The maximum atomic E-state index is 10.0. The predicted octanol–water partition coefficient (Wildman–Crippen LogP) is 1.97. The average molecular weight is 345 g/mol. The van der Waals surface area contributed by atoms with Gasteiger partial charge < -0.3 is 5.11 Å². The standard InChI is InChI=1S/C19H31N5O/c1-6-24(7-2)18(4,5)13-21-19(20)12-14(3)17(22-23-19)15-10-8-9-11-16(15)25/h8-12,21,23,25H,6-7,13,20H2,1-5H3. The summed E-state index contributed by atoms with van der Waals surface area (Å²) in [4.78, 5) is 2.39. The molecule has 0 aliphatic carbocycles. The van der Waals surface area contributed by atoms with Crippen LogP contribution in [-0.2, 0) is 0 Å². The van der Waals surface area contributed by atoms with Gasteiger partial charge in [-0.15, -0.1) is 0 Å². The van der Waals surface area contributed by atoms with E-state index < -0.39 is 5.79 Å². The number of rotatable bonds is 7. The Morgan fingerprint density at radius 2 is 1.92 bits per heavy atom. The SMILES string of the molecule is CCN(CC)C(C)(C)CNC1(N)C=C(C)C(c2ccccc2O)=NN1. The average Bonchev–Trinajstić information content (AvgIpc) is 2.55. The molecule has 138 valence electrons. The van der Waals surface area contributed by atoms with Crippen molar-refractivity contribution < 1.29 is 5.11 Å². The van der Waals surface area contributed by atoms with Gasteiger partial charge in [-0.05, 0) is 57.6 Å². The Labute approximate surface area is 150 Å². The third-order valence-corrected chi connectivity index (χ3v) is 4.76. The summed E-state index contributed by atoms with van der Waals surface area (Å²) in [5.41, 5.74) is 11.7. The summed E-state index contributed by atoms with van der Waals surface area (Å²) >= 11 is 0. The second kappa shape index (κ2) is 7.56. The molecule has 25 heavy (non-hydrogen) atoms. The Kier molecular flexibility index (Phi) is 5.87. The number of nitrogens with zero attached hydrogens (tertiary/aromatic N) is 2. The molecule has 0 saturated heterocycles. The lowest BCUT2D eigenvalue weighted by Crippen LogP contribution is -2.66. The number of para-hydroxylation sites is 1. The van der Waals surface area contributed by atoms with E-state index in [1.54, 1.807) is 12.1 Å². The van der Waals surface area contributed by atoms with E-state index >= 15 is 0 Å². The predicted molar refractivity (Wildman–Crippen MR) is 103 cm³/mol. The van der Waals surface area contributed by atoms with Crippen LogP contribution in [0.5, 0.6) is 5.75 Å². The van der Waals surface area contributed by atoms with Gasteiger partial charge in [0.25, 0.3) is 0 Å². The minimum atomic E-state index is -0.914. The third kappa shape index (κ3) is 4.39. The number of hydrogen-bond donors (Lipinski definition) is 4. The molecular formula is C19H31N5O. The van der Waals surface area contributed by atoms with Crippen molar-refractivity contribution >= 4 is 5.71 Å². The third-order valence-electron chi connectivity index (χ3n) is 4.76. The molecule has 0 radical (unpaired) electrons. The summed E-state index contributed by atoms with van der Waals surface area (Å²) in [7, 11) is 0. The van der Waals surface area contributed by atoms with Gasteiger partial charge in [-0.1, -0.05) is 26.0 Å². The number of likely N-dealkylation sites (N-methyl/N-ethyl adjacent to an activating group) is 1. The van der Waals surface area contributed by atoms with Crippen molar-refractivity contribution in [2.45, 2.75) is 45.9 Å². The number of benzene rings is 1. The molecule has 1 aliphatic heterocycles. The van der Waals surface area contributed by atoms with Gasteiger partial charge in [0.15, 0.2) is 5.79 Å². The van der Waals surface area contributed by atoms with Crippen LogP contribution in [-0.4, -0.2) is 46.7 Å². The summed E-state index contributed by atoms with van der Waals surface area (Å²) in [6, 6.07) is 7.16. The number of nitrogens with two attached hydrogens (primary N) is 1. The largest absolute Gasteiger partial charge is 0.507 e. The van der Waals surface area contributed by atoms with Crippen molar-refractivity contribution in [2.75, 3.05) is 19.6 Å². The van der Waals surface area contributed by atoms with E-state index in [1.165, 1.54) is 0 Å². The summed E-state index contributed by atoms with van der Waals surface area (Å²) < 4.78 is 0. The van der Waals surface area contributed by atoms with Crippen molar-refractivity contribution in [3.8, 4) is 5.75 Å². The van der Waals surface area contributed by atoms with Crippen LogP contribution in [0, 0.1) is 0 Å². The van der Waals surface area contributed by atoms with Gasteiger partial charge in [0.1, 0.15) is 5.75 Å². The molecule has 6 nitrogen and oxygen atoms in total. The van der Waals surface area contributed by atoms with E-state index in [0.29, 0.717) is 17.8 Å². The summed E-state index contributed by atoms with van der Waals surface area (Å²) in [5.74, 6) is -0.710. The van der Waals surface area contributed by atoms with E-state index in [2.05, 4.69) is 48.4 Å². The molecule has 5 N–H and O–H groups in total. The zero-order valence-corrected chi connectivity index (χ0v) is 15.9. The number of phenols is 1. The smallest absolute Gasteiger partial charge is 0.177 e. The highest BCUT2D eigenvalue weighted by atomic mass is 16.3. The van der Waals surface area contributed by atoms with E-state index in [4.69, 9.17) is 5.73 Å². The van der Waals surface area contributed by atoms with Gasteiger partial charge in [-0.2, -0.15) is 5.10 Å². The van der Waals surface area contributed by atoms with Crippen LogP contribution in [0.1, 0.15) is 40.2 Å². The molecule has 0 fully saturated rings. The van der Waals surface area contributed by atoms with Crippen LogP contribution >= 0.6 is 0 Å². The quantitative estimate of drug-likeness (QED) is 0.568. The highest BCUT2D eigenvalue weighted by Crippen LogP contribution is 2.23. The Hall–Kier alpha value is -1.89. The first kappa shape index (κ1) is 19.4. The second-order valence-electron chi connectivity index (χ2n) is 7.12. The van der Waals surface area contributed by atoms with Gasteiger partial charge in [0.05, 0.1) is 5.71 Å². The Morgan fingerprint density at radius 1 is 1.28 bits per heavy atom. The van der Waals surface area contributed by atoms with E-state index in [9.17, 15) is 5.11 Å². The van der Waals surface area contributed by atoms with Crippen LogP contribution in [0.4, 0.5) is 0 Å². The zero-order chi connectivity index (χ0) is 18.7. The topological polar surface area (TPSA) is 85.9 Å². The lowest BCUT2D eigenvalue weighted by Gasteiger charge is -2.41. The molecular weight excluding hydrogens is 314 g/mol. The van der Waals surface area contributed by atoms with Gasteiger partial charge in [-0.25, -0.2) is 0 Å². The fourth-order valence-corrected chi connectivity index (χ4v) is 3.27. The van der Waals surface area contributed by atoms with Gasteiger partial charge in [0.2, 0.25) is 0 Å². The molecule has 0 bridgehead atoms. The lowest BCUT2D eigenvalue weighted by atomic mass is 9.99. The van der Waals surface area contributed by atoms with Crippen LogP contribution in [0.25, 0.3) is 0 Å². The fraction of sp³-hybridized carbons (Fsp3) is 0.526. The number of phenolic OH excluding ortho intramolecular Hbond substituents is 1.